The van der Waals surface area contributed by atoms with Crippen molar-refractivity contribution in [1.29, 1.82) is 5.26 Å². The first-order valence-corrected chi connectivity index (χ1v) is 11.9. The molecular formula is C17H35NOSi. The molecule has 0 aromatic rings. The summed E-state index contributed by atoms with van der Waals surface area (Å²) in [4.78, 5) is 0. The Morgan fingerprint density at radius 2 is 1.40 bits per heavy atom. The maximum absolute atomic E-state index is 8.86. The zero-order valence-electron chi connectivity index (χ0n) is 14.2. The molecule has 0 N–H and O–H groups in total. The van der Waals surface area contributed by atoms with Gasteiger partial charge < -0.3 is 4.43 Å². The van der Waals surface area contributed by atoms with Crippen LogP contribution >= 0.6 is 0 Å². The Balaban J connectivity index is 3.52. The Bertz CT molecular complexity index is 255. The van der Waals surface area contributed by atoms with Crippen molar-refractivity contribution in [3.63, 3.8) is 0 Å². The van der Waals surface area contributed by atoms with Crippen LogP contribution in [0.1, 0.15) is 77.6 Å². The maximum atomic E-state index is 8.86. The van der Waals surface area contributed by atoms with Crippen molar-refractivity contribution in [2.45, 2.75) is 103 Å². The lowest BCUT2D eigenvalue weighted by Crippen LogP contribution is -2.31. The molecule has 0 unspecified atom stereocenters. The van der Waals surface area contributed by atoms with Crippen molar-refractivity contribution in [1.82, 2.24) is 0 Å². The van der Waals surface area contributed by atoms with Crippen LogP contribution in [0.2, 0.25) is 19.6 Å². The summed E-state index contributed by atoms with van der Waals surface area (Å²) in [6.45, 7) is 8.87. The van der Waals surface area contributed by atoms with E-state index in [1.165, 1.54) is 57.8 Å². The summed E-state index contributed by atoms with van der Waals surface area (Å²) < 4.78 is 6.07. The van der Waals surface area contributed by atoms with Gasteiger partial charge in [0.15, 0.2) is 8.32 Å². The van der Waals surface area contributed by atoms with Crippen molar-refractivity contribution in [2.75, 3.05) is 0 Å². The van der Waals surface area contributed by atoms with Crippen LogP contribution in [0, 0.1) is 11.3 Å². The van der Waals surface area contributed by atoms with E-state index >= 15 is 0 Å². The monoisotopic (exact) mass is 297 g/mol. The van der Waals surface area contributed by atoms with E-state index in [0.29, 0.717) is 6.42 Å². The highest BCUT2D eigenvalue weighted by molar-refractivity contribution is 6.69. The molecule has 2 nitrogen and oxygen atoms in total. The van der Waals surface area contributed by atoms with E-state index in [0.717, 1.165) is 6.42 Å². The second kappa shape index (κ2) is 12.4. The van der Waals surface area contributed by atoms with Gasteiger partial charge >= 0.3 is 0 Å². The fourth-order valence-corrected chi connectivity index (χ4v) is 3.69. The molecule has 3 heteroatoms. The second-order valence-corrected chi connectivity index (χ2v) is 11.3. The Morgan fingerprint density at radius 3 is 1.85 bits per heavy atom. The SMILES string of the molecule is CCCCCCCCCCC[C@H](CC#N)O[Si](C)(C)C. The minimum absolute atomic E-state index is 0.177. The van der Waals surface area contributed by atoms with E-state index in [4.69, 9.17) is 9.69 Å². The Labute approximate surface area is 128 Å². The lowest BCUT2D eigenvalue weighted by atomic mass is 10.0. The third-order valence-electron chi connectivity index (χ3n) is 3.47. The molecule has 0 rings (SSSR count). The molecular weight excluding hydrogens is 262 g/mol. The second-order valence-electron chi connectivity index (χ2n) is 6.83. The molecule has 118 valence electrons. The van der Waals surface area contributed by atoms with E-state index in [2.05, 4.69) is 32.6 Å². The molecule has 0 aromatic carbocycles. The number of hydrogen-bond donors (Lipinski definition) is 0. The maximum Gasteiger partial charge on any atom is 0.184 e. The van der Waals surface area contributed by atoms with Crippen LogP contribution in [0.4, 0.5) is 0 Å². The lowest BCUT2D eigenvalue weighted by molar-refractivity contribution is 0.184. The third-order valence-corrected chi connectivity index (χ3v) is 4.51. The average Bonchev–Trinajstić information content (AvgIpc) is 2.35. The first kappa shape index (κ1) is 19.7. The highest BCUT2D eigenvalue weighted by Crippen LogP contribution is 2.17. The van der Waals surface area contributed by atoms with E-state index in [-0.39, 0.29) is 6.10 Å². The number of nitriles is 1. The van der Waals surface area contributed by atoms with Crippen LogP contribution in [0.25, 0.3) is 0 Å². The Kier molecular flexibility index (Phi) is 12.2. The van der Waals surface area contributed by atoms with Gasteiger partial charge in [-0.15, -0.1) is 0 Å². The standard InChI is InChI=1S/C17H35NOSi/c1-5-6-7-8-9-10-11-12-13-14-17(15-16-18)19-20(2,3)4/h17H,5-15H2,1-4H3/t17-/m1/s1. The molecule has 1 atom stereocenters. The molecule has 0 amide bonds. The van der Waals surface area contributed by atoms with Crippen LogP contribution < -0.4 is 0 Å². The molecule has 0 bridgehead atoms. The molecule has 0 saturated carbocycles. The highest BCUT2D eigenvalue weighted by Gasteiger charge is 2.20. The van der Waals surface area contributed by atoms with Crippen LogP contribution in [0.5, 0.6) is 0 Å². The molecule has 0 heterocycles. The molecule has 0 aliphatic rings. The summed E-state index contributed by atoms with van der Waals surface area (Å²) >= 11 is 0. The van der Waals surface area contributed by atoms with Gasteiger partial charge in [0.2, 0.25) is 0 Å². The van der Waals surface area contributed by atoms with E-state index in [9.17, 15) is 0 Å². The lowest BCUT2D eigenvalue weighted by Gasteiger charge is -2.24. The Morgan fingerprint density at radius 1 is 0.900 bits per heavy atom. The van der Waals surface area contributed by atoms with Crippen LogP contribution in [0.3, 0.4) is 0 Å². The fraction of sp³-hybridized carbons (Fsp3) is 0.941. The summed E-state index contributed by atoms with van der Waals surface area (Å²) in [5, 5.41) is 8.86. The van der Waals surface area contributed by atoms with E-state index in [1.54, 1.807) is 0 Å². The quantitative estimate of drug-likeness (QED) is 0.306. The normalized spacial score (nSPS) is 13.2. The minimum atomic E-state index is -1.50. The number of rotatable bonds is 13. The zero-order chi connectivity index (χ0) is 15.3. The topological polar surface area (TPSA) is 33.0 Å². The number of unbranched alkanes of at least 4 members (excludes halogenated alkanes) is 8. The number of hydrogen-bond acceptors (Lipinski definition) is 2. The van der Waals surface area contributed by atoms with E-state index in [1.807, 2.05) is 0 Å². The van der Waals surface area contributed by atoms with Crippen molar-refractivity contribution in [3.05, 3.63) is 0 Å². The summed E-state index contributed by atoms with van der Waals surface area (Å²) in [6, 6.07) is 2.27. The van der Waals surface area contributed by atoms with Crippen molar-refractivity contribution in [2.24, 2.45) is 0 Å². The molecule has 0 aliphatic heterocycles. The van der Waals surface area contributed by atoms with Gasteiger partial charge in [0.25, 0.3) is 0 Å². The predicted octanol–water partition coefficient (Wildman–Crippen LogP) is 6.04. The minimum Gasteiger partial charge on any atom is -0.414 e. The molecule has 0 aromatic heterocycles. The average molecular weight is 298 g/mol. The smallest absolute Gasteiger partial charge is 0.184 e. The largest absolute Gasteiger partial charge is 0.414 e. The summed E-state index contributed by atoms with van der Waals surface area (Å²) in [6.07, 6.45) is 14.0. The fourth-order valence-electron chi connectivity index (χ4n) is 2.49. The number of nitrogens with zero attached hydrogens (tertiary/aromatic N) is 1. The summed E-state index contributed by atoms with van der Waals surface area (Å²) in [7, 11) is -1.50. The van der Waals surface area contributed by atoms with Gasteiger partial charge in [0.1, 0.15) is 0 Å². The Hall–Kier alpha value is -0.333. The summed E-state index contributed by atoms with van der Waals surface area (Å²) in [5.74, 6) is 0. The van der Waals surface area contributed by atoms with Gasteiger partial charge in [0.05, 0.1) is 18.6 Å². The van der Waals surface area contributed by atoms with Gasteiger partial charge in [-0.25, -0.2) is 0 Å². The van der Waals surface area contributed by atoms with Crippen molar-refractivity contribution in [3.8, 4) is 6.07 Å². The third kappa shape index (κ3) is 14.1. The van der Waals surface area contributed by atoms with Gasteiger partial charge in [-0.3, -0.25) is 0 Å². The first-order chi connectivity index (χ1) is 9.49. The van der Waals surface area contributed by atoms with Gasteiger partial charge in [0, 0.05) is 0 Å². The molecule has 0 aliphatic carbocycles. The first-order valence-electron chi connectivity index (χ1n) is 8.54. The highest BCUT2D eigenvalue weighted by atomic mass is 28.4. The van der Waals surface area contributed by atoms with Crippen molar-refractivity contribution < 1.29 is 4.43 Å². The van der Waals surface area contributed by atoms with Crippen LogP contribution in [-0.4, -0.2) is 14.4 Å². The molecule has 20 heavy (non-hydrogen) atoms. The zero-order valence-corrected chi connectivity index (χ0v) is 15.2. The molecule has 0 fully saturated rings. The van der Waals surface area contributed by atoms with Crippen LogP contribution in [-0.2, 0) is 4.43 Å². The van der Waals surface area contributed by atoms with Gasteiger partial charge in [-0.2, -0.15) is 5.26 Å². The van der Waals surface area contributed by atoms with Crippen molar-refractivity contribution >= 4 is 8.32 Å². The predicted molar refractivity (Wildman–Crippen MR) is 90.3 cm³/mol. The van der Waals surface area contributed by atoms with Gasteiger partial charge in [-0.1, -0.05) is 64.7 Å². The molecule has 0 radical (unpaired) electrons. The van der Waals surface area contributed by atoms with Crippen LogP contribution in [0.15, 0.2) is 0 Å². The van der Waals surface area contributed by atoms with E-state index < -0.39 is 8.32 Å². The van der Waals surface area contributed by atoms with Gasteiger partial charge in [-0.05, 0) is 26.1 Å². The summed E-state index contributed by atoms with van der Waals surface area (Å²) in [5.41, 5.74) is 0. The molecule has 0 spiro atoms. The molecule has 0 saturated heterocycles.